The van der Waals surface area contributed by atoms with E-state index in [0.717, 1.165) is 44.1 Å². The van der Waals surface area contributed by atoms with Gasteiger partial charge in [0.2, 0.25) is 0 Å². The van der Waals surface area contributed by atoms with E-state index in [0.29, 0.717) is 5.92 Å². The van der Waals surface area contributed by atoms with E-state index in [-0.39, 0.29) is 0 Å². The molecule has 1 N–H and O–H groups in total. The topological polar surface area (TPSA) is 37.8 Å². The monoisotopic (exact) mass is 261 g/mol. The van der Waals surface area contributed by atoms with Gasteiger partial charge in [-0.1, -0.05) is 20.8 Å². The van der Waals surface area contributed by atoms with Crippen molar-refractivity contribution >= 4 is 0 Å². The molecule has 2 unspecified atom stereocenters. The van der Waals surface area contributed by atoms with Gasteiger partial charge >= 0.3 is 0 Å². The fraction of sp³-hybridized carbons (Fsp3) is 0.750. The average molecular weight is 261 g/mol. The van der Waals surface area contributed by atoms with E-state index in [1.54, 1.807) is 0 Å². The maximum absolute atomic E-state index is 4.83. The van der Waals surface area contributed by atoms with Crippen LogP contribution in [-0.4, -0.2) is 23.1 Å². The average Bonchev–Trinajstić information content (AvgIpc) is 2.44. The molecule has 0 aliphatic heterocycles. The molecular formula is C16H27N3. The Morgan fingerprint density at radius 3 is 2.79 bits per heavy atom. The van der Waals surface area contributed by atoms with Crippen LogP contribution in [0.2, 0.25) is 0 Å². The van der Waals surface area contributed by atoms with Gasteiger partial charge in [-0.15, -0.1) is 0 Å². The summed E-state index contributed by atoms with van der Waals surface area (Å²) in [7, 11) is 0. The van der Waals surface area contributed by atoms with Crippen molar-refractivity contribution in [2.75, 3.05) is 13.1 Å². The van der Waals surface area contributed by atoms with Gasteiger partial charge in [-0.2, -0.15) is 0 Å². The van der Waals surface area contributed by atoms with E-state index in [1.165, 1.54) is 23.4 Å². The Morgan fingerprint density at radius 1 is 1.32 bits per heavy atom. The lowest BCUT2D eigenvalue weighted by atomic mass is 9.85. The molecule has 0 bridgehead atoms. The van der Waals surface area contributed by atoms with Gasteiger partial charge in [-0.25, -0.2) is 9.97 Å². The molecule has 19 heavy (non-hydrogen) atoms. The van der Waals surface area contributed by atoms with Crippen molar-refractivity contribution in [3.8, 4) is 0 Å². The predicted octanol–water partition coefficient (Wildman–Crippen LogP) is 3.01. The van der Waals surface area contributed by atoms with Crippen LogP contribution in [0.3, 0.4) is 0 Å². The van der Waals surface area contributed by atoms with E-state index in [9.17, 15) is 0 Å². The Labute approximate surface area is 117 Å². The summed E-state index contributed by atoms with van der Waals surface area (Å²) in [6.07, 6.45) is 4.64. The molecule has 0 fully saturated rings. The van der Waals surface area contributed by atoms with Gasteiger partial charge < -0.3 is 5.32 Å². The summed E-state index contributed by atoms with van der Waals surface area (Å²) in [6, 6.07) is 0. The summed E-state index contributed by atoms with van der Waals surface area (Å²) < 4.78 is 0. The van der Waals surface area contributed by atoms with Crippen molar-refractivity contribution in [1.82, 2.24) is 15.3 Å². The number of aromatic nitrogens is 2. The molecule has 1 aromatic rings. The molecule has 0 aromatic carbocycles. The summed E-state index contributed by atoms with van der Waals surface area (Å²) >= 11 is 0. The van der Waals surface area contributed by atoms with E-state index < -0.39 is 0 Å². The molecule has 0 saturated carbocycles. The normalized spacial score (nSPS) is 20.1. The second-order valence-electron chi connectivity index (χ2n) is 5.82. The first-order valence-corrected chi connectivity index (χ1v) is 7.72. The zero-order chi connectivity index (χ0) is 13.8. The van der Waals surface area contributed by atoms with E-state index >= 15 is 0 Å². The second-order valence-corrected chi connectivity index (χ2v) is 5.82. The number of aryl methyl sites for hydroxylation is 2. The van der Waals surface area contributed by atoms with Crippen LogP contribution < -0.4 is 5.32 Å². The van der Waals surface area contributed by atoms with Gasteiger partial charge in [0.15, 0.2) is 0 Å². The fourth-order valence-corrected chi connectivity index (χ4v) is 2.81. The Balaban J connectivity index is 2.17. The molecule has 3 nitrogen and oxygen atoms in total. The fourth-order valence-electron chi connectivity index (χ4n) is 2.81. The number of fused-ring (bicyclic) bond motifs is 1. The molecule has 1 aliphatic rings. The quantitative estimate of drug-likeness (QED) is 0.885. The van der Waals surface area contributed by atoms with Gasteiger partial charge in [-0.05, 0) is 57.2 Å². The highest BCUT2D eigenvalue weighted by Crippen LogP contribution is 2.27. The molecule has 2 atom stereocenters. The summed E-state index contributed by atoms with van der Waals surface area (Å²) in [6.45, 7) is 10.9. The third-order valence-corrected chi connectivity index (χ3v) is 4.34. The third-order valence-electron chi connectivity index (χ3n) is 4.34. The van der Waals surface area contributed by atoms with Crippen LogP contribution in [0.15, 0.2) is 0 Å². The minimum atomic E-state index is 0.475. The molecular weight excluding hydrogens is 234 g/mol. The molecule has 0 spiro atoms. The summed E-state index contributed by atoms with van der Waals surface area (Å²) in [5.41, 5.74) is 3.94. The van der Waals surface area contributed by atoms with Crippen molar-refractivity contribution in [3.63, 3.8) is 0 Å². The van der Waals surface area contributed by atoms with E-state index in [2.05, 4.69) is 33.0 Å². The van der Waals surface area contributed by atoms with Crippen LogP contribution in [0.25, 0.3) is 0 Å². The van der Waals surface area contributed by atoms with Gasteiger partial charge in [0.1, 0.15) is 5.82 Å². The minimum absolute atomic E-state index is 0.475. The molecule has 1 aliphatic carbocycles. The second kappa shape index (κ2) is 6.47. The highest BCUT2D eigenvalue weighted by molar-refractivity contribution is 5.29. The van der Waals surface area contributed by atoms with Crippen LogP contribution in [0, 0.1) is 12.8 Å². The highest BCUT2D eigenvalue weighted by Gasteiger charge is 2.23. The van der Waals surface area contributed by atoms with Crippen molar-refractivity contribution in [2.45, 2.75) is 59.3 Å². The maximum atomic E-state index is 4.83. The number of nitrogens with one attached hydrogen (secondary N) is 1. The van der Waals surface area contributed by atoms with Gasteiger partial charge in [0, 0.05) is 17.3 Å². The number of nitrogens with zero attached hydrogens (tertiary/aromatic N) is 2. The van der Waals surface area contributed by atoms with E-state index in [1.807, 2.05) is 0 Å². The molecule has 0 amide bonds. The van der Waals surface area contributed by atoms with Crippen LogP contribution in [0.5, 0.6) is 0 Å². The standard InChI is InChI=1S/C16H27N3/c1-5-11(3)16-18-12(4)14-9-13(10-17-6-2)7-8-15(14)19-16/h11,13,17H,5-10H2,1-4H3. The number of hydrogen-bond donors (Lipinski definition) is 1. The maximum Gasteiger partial charge on any atom is 0.131 e. The first-order chi connectivity index (χ1) is 9.15. The Kier molecular flexibility index (Phi) is 4.92. The van der Waals surface area contributed by atoms with Crippen LogP contribution in [-0.2, 0) is 12.8 Å². The SMILES string of the molecule is CCNCC1CCc2nc(C(C)CC)nc(C)c2C1. The Morgan fingerprint density at radius 2 is 2.11 bits per heavy atom. The molecule has 1 heterocycles. The summed E-state index contributed by atoms with van der Waals surface area (Å²) in [5.74, 6) is 2.27. The molecule has 2 rings (SSSR count). The van der Waals surface area contributed by atoms with Crippen molar-refractivity contribution < 1.29 is 0 Å². The smallest absolute Gasteiger partial charge is 0.131 e. The lowest BCUT2D eigenvalue weighted by molar-refractivity contribution is 0.421. The third kappa shape index (κ3) is 3.33. The molecule has 106 valence electrons. The molecule has 0 radical (unpaired) electrons. The van der Waals surface area contributed by atoms with E-state index in [4.69, 9.17) is 9.97 Å². The van der Waals surface area contributed by atoms with Crippen LogP contribution >= 0.6 is 0 Å². The van der Waals surface area contributed by atoms with Crippen molar-refractivity contribution in [3.05, 3.63) is 22.8 Å². The molecule has 3 heteroatoms. The van der Waals surface area contributed by atoms with Gasteiger partial charge in [0.05, 0.1) is 0 Å². The molecule has 0 saturated heterocycles. The number of rotatable bonds is 5. The predicted molar refractivity (Wildman–Crippen MR) is 79.5 cm³/mol. The number of hydrogen-bond acceptors (Lipinski definition) is 3. The van der Waals surface area contributed by atoms with Crippen molar-refractivity contribution in [2.24, 2.45) is 5.92 Å². The highest BCUT2D eigenvalue weighted by atomic mass is 14.9. The molecule has 1 aromatic heterocycles. The zero-order valence-electron chi connectivity index (χ0n) is 12.8. The lowest BCUT2D eigenvalue weighted by Gasteiger charge is -2.26. The first kappa shape index (κ1) is 14.4. The Bertz CT molecular complexity index is 428. The largest absolute Gasteiger partial charge is 0.317 e. The Hall–Kier alpha value is -0.960. The first-order valence-electron chi connectivity index (χ1n) is 7.72. The minimum Gasteiger partial charge on any atom is -0.317 e. The lowest BCUT2D eigenvalue weighted by Crippen LogP contribution is -2.28. The van der Waals surface area contributed by atoms with Crippen molar-refractivity contribution in [1.29, 1.82) is 0 Å². The van der Waals surface area contributed by atoms with Crippen LogP contribution in [0.1, 0.15) is 62.3 Å². The van der Waals surface area contributed by atoms with Crippen LogP contribution in [0.4, 0.5) is 0 Å². The summed E-state index contributed by atoms with van der Waals surface area (Å²) in [4.78, 5) is 9.57. The van der Waals surface area contributed by atoms with Gasteiger partial charge in [-0.3, -0.25) is 0 Å². The summed E-state index contributed by atoms with van der Waals surface area (Å²) in [5, 5.41) is 3.47. The van der Waals surface area contributed by atoms with Gasteiger partial charge in [0.25, 0.3) is 0 Å². The zero-order valence-corrected chi connectivity index (χ0v) is 12.8.